The van der Waals surface area contributed by atoms with Crippen molar-refractivity contribution in [1.29, 1.82) is 0 Å². The molecule has 0 bridgehead atoms. The van der Waals surface area contributed by atoms with Gasteiger partial charge >= 0.3 is 6.16 Å². The molecule has 0 aliphatic carbocycles. The van der Waals surface area contributed by atoms with Crippen molar-refractivity contribution in [3.8, 4) is 0 Å². The number of carbonyl (C=O) groups is 1. The Hall–Kier alpha value is -0.553. The molecule has 9 heavy (non-hydrogen) atoms. The zero-order valence-corrected chi connectivity index (χ0v) is 6.67. The van der Waals surface area contributed by atoms with Gasteiger partial charge in [-0.05, 0) is 19.6 Å². The lowest BCUT2D eigenvalue weighted by Crippen LogP contribution is -2.26. The maximum atomic E-state index is 9.72. The van der Waals surface area contributed by atoms with Gasteiger partial charge in [-0.3, -0.25) is 4.89 Å². The second-order valence-electron chi connectivity index (χ2n) is 2.54. The topological polar surface area (TPSA) is 55.8 Å². The van der Waals surface area contributed by atoms with Crippen molar-refractivity contribution in [3.05, 3.63) is 0 Å². The van der Waals surface area contributed by atoms with Crippen LogP contribution in [0.4, 0.5) is 4.79 Å². The molecule has 0 heterocycles. The Morgan fingerprint density at radius 3 is 2.00 bits per heavy atom. The zero-order chi connectivity index (χ0) is 7.49. The second-order valence-corrected chi connectivity index (χ2v) is 6.94. The van der Waals surface area contributed by atoms with Crippen LogP contribution in [-0.2, 0) is 9.46 Å². The zero-order valence-electron chi connectivity index (χ0n) is 5.67. The van der Waals surface area contributed by atoms with Crippen molar-refractivity contribution in [2.24, 2.45) is 0 Å². The van der Waals surface area contributed by atoms with E-state index in [1.165, 1.54) is 0 Å². The highest BCUT2D eigenvalue weighted by Crippen LogP contribution is 2.02. The highest BCUT2D eigenvalue weighted by Gasteiger charge is 2.18. The van der Waals surface area contributed by atoms with E-state index in [2.05, 4.69) is 9.46 Å². The van der Waals surface area contributed by atoms with Crippen molar-refractivity contribution in [2.45, 2.75) is 19.6 Å². The first-order chi connectivity index (χ1) is 3.92. The summed E-state index contributed by atoms with van der Waals surface area (Å²) in [6, 6.07) is 0. The quantitative estimate of drug-likeness (QED) is 0.367. The molecule has 0 amide bonds. The summed E-state index contributed by atoms with van der Waals surface area (Å²) in [5.74, 6) is 0. The Balaban J connectivity index is 3.39. The fourth-order valence-electron chi connectivity index (χ4n) is 0.161. The molecule has 0 saturated heterocycles. The van der Waals surface area contributed by atoms with Crippen LogP contribution in [0.2, 0.25) is 19.6 Å². The van der Waals surface area contributed by atoms with Crippen LogP contribution in [0.1, 0.15) is 0 Å². The largest absolute Gasteiger partial charge is 0.536 e. The van der Waals surface area contributed by atoms with Gasteiger partial charge in [-0.25, -0.2) is 9.37 Å². The van der Waals surface area contributed by atoms with E-state index in [0.717, 1.165) is 0 Å². The van der Waals surface area contributed by atoms with Gasteiger partial charge in [-0.15, -0.1) is 0 Å². The third kappa shape index (κ3) is 7.45. The van der Waals surface area contributed by atoms with Crippen LogP contribution in [0.25, 0.3) is 0 Å². The summed E-state index contributed by atoms with van der Waals surface area (Å²) < 4.78 is 4.53. The molecule has 0 spiro atoms. The molecule has 5 heteroatoms. The summed E-state index contributed by atoms with van der Waals surface area (Å²) in [4.78, 5) is 13.6. The Kier molecular flexibility index (Phi) is 2.66. The summed E-state index contributed by atoms with van der Waals surface area (Å²) in [6.07, 6.45) is -1.39. The van der Waals surface area contributed by atoms with Gasteiger partial charge in [0.05, 0.1) is 0 Å². The molecular weight excluding hydrogens is 140 g/mol. The molecule has 1 N–H and O–H groups in total. The Morgan fingerprint density at radius 1 is 1.44 bits per heavy atom. The number of carboxylic acid groups (broad SMARTS) is 1. The number of hydrogen-bond acceptors (Lipinski definition) is 3. The van der Waals surface area contributed by atoms with Crippen LogP contribution in [0.5, 0.6) is 0 Å². The van der Waals surface area contributed by atoms with Gasteiger partial charge in [-0.2, -0.15) is 0 Å². The first kappa shape index (κ1) is 8.45. The molecule has 0 aliphatic rings. The first-order valence-corrected chi connectivity index (χ1v) is 5.91. The van der Waals surface area contributed by atoms with Gasteiger partial charge in [0.1, 0.15) is 0 Å². The molecule has 0 aromatic heterocycles. The van der Waals surface area contributed by atoms with E-state index in [-0.39, 0.29) is 0 Å². The molecule has 54 valence electrons. The van der Waals surface area contributed by atoms with E-state index < -0.39 is 14.5 Å². The molecule has 0 unspecified atom stereocenters. The van der Waals surface area contributed by atoms with E-state index in [0.29, 0.717) is 0 Å². The minimum atomic E-state index is -1.82. The van der Waals surface area contributed by atoms with Crippen molar-refractivity contribution in [3.63, 3.8) is 0 Å². The molecule has 0 atom stereocenters. The number of hydrogen-bond donors (Lipinski definition) is 1. The average molecular weight is 150 g/mol. The van der Waals surface area contributed by atoms with Gasteiger partial charge in [0, 0.05) is 0 Å². The molecular formula is C4H10O4Si. The van der Waals surface area contributed by atoms with Crippen molar-refractivity contribution in [1.82, 2.24) is 0 Å². The second kappa shape index (κ2) is 2.84. The van der Waals surface area contributed by atoms with Gasteiger partial charge in [0.15, 0.2) is 0 Å². The molecule has 0 radical (unpaired) electrons. The van der Waals surface area contributed by atoms with Crippen LogP contribution in [0.3, 0.4) is 0 Å². The predicted octanol–water partition coefficient (Wildman–Crippen LogP) is 1.45. The van der Waals surface area contributed by atoms with Gasteiger partial charge < -0.3 is 5.11 Å². The van der Waals surface area contributed by atoms with Gasteiger partial charge in [0.25, 0.3) is 0 Å². The highest BCUT2D eigenvalue weighted by atomic mass is 28.4. The maximum Gasteiger partial charge on any atom is 0.536 e. The van der Waals surface area contributed by atoms with Crippen LogP contribution in [0, 0.1) is 0 Å². The van der Waals surface area contributed by atoms with Crippen LogP contribution < -0.4 is 0 Å². The number of rotatable bonds is 2. The van der Waals surface area contributed by atoms with Crippen LogP contribution in [-0.4, -0.2) is 19.6 Å². The SMILES string of the molecule is C[Si](C)(C)OOC(=O)O. The summed E-state index contributed by atoms with van der Waals surface area (Å²) in [6.45, 7) is 5.49. The summed E-state index contributed by atoms with van der Waals surface area (Å²) in [5.41, 5.74) is 0. The molecule has 0 saturated carbocycles. The van der Waals surface area contributed by atoms with Crippen LogP contribution >= 0.6 is 0 Å². The lowest BCUT2D eigenvalue weighted by Gasteiger charge is -2.11. The minimum absolute atomic E-state index is 1.39. The van der Waals surface area contributed by atoms with Crippen molar-refractivity contribution < 1.29 is 19.4 Å². The summed E-state index contributed by atoms with van der Waals surface area (Å²) >= 11 is 0. The lowest BCUT2D eigenvalue weighted by molar-refractivity contribution is -0.171. The standard InChI is InChI=1S/C4H10O4Si/c1-9(2,3)8-7-4(5)6/h1-3H3,(H,5,6). The third-order valence-electron chi connectivity index (χ3n) is 0.363. The van der Waals surface area contributed by atoms with Crippen molar-refractivity contribution in [2.75, 3.05) is 0 Å². The Morgan fingerprint density at radius 2 is 1.89 bits per heavy atom. The predicted molar refractivity (Wildman–Crippen MR) is 33.5 cm³/mol. The third-order valence-corrected chi connectivity index (χ3v) is 0.946. The summed E-state index contributed by atoms with van der Waals surface area (Å²) in [5, 5.41) is 7.95. The Labute approximate surface area is 54.5 Å². The fraction of sp³-hybridized carbons (Fsp3) is 0.750. The molecule has 0 fully saturated rings. The van der Waals surface area contributed by atoms with E-state index >= 15 is 0 Å². The smallest absolute Gasteiger partial charge is 0.448 e. The van der Waals surface area contributed by atoms with E-state index in [1.54, 1.807) is 0 Å². The Bertz CT molecular complexity index is 106. The van der Waals surface area contributed by atoms with Gasteiger partial charge in [0.2, 0.25) is 8.32 Å². The van der Waals surface area contributed by atoms with E-state index in [4.69, 9.17) is 5.11 Å². The average Bonchev–Trinajstić information content (AvgIpc) is 1.59. The molecule has 0 rings (SSSR count). The first-order valence-electron chi connectivity index (χ1n) is 2.50. The molecule has 0 aromatic carbocycles. The summed E-state index contributed by atoms with van der Waals surface area (Å²) in [7, 11) is -1.82. The molecule has 0 aliphatic heterocycles. The minimum Gasteiger partial charge on any atom is -0.448 e. The van der Waals surface area contributed by atoms with E-state index in [1.807, 2.05) is 19.6 Å². The monoisotopic (exact) mass is 150 g/mol. The lowest BCUT2D eigenvalue weighted by atomic mass is 11.5. The highest BCUT2D eigenvalue weighted by molar-refractivity contribution is 6.69. The normalized spacial score (nSPS) is 11.0. The molecule has 4 nitrogen and oxygen atoms in total. The van der Waals surface area contributed by atoms with E-state index in [9.17, 15) is 4.79 Å². The maximum absolute atomic E-state index is 9.72. The molecule has 0 aromatic rings. The van der Waals surface area contributed by atoms with Gasteiger partial charge in [-0.1, -0.05) is 0 Å². The van der Waals surface area contributed by atoms with Crippen molar-refractivity contribution >= 4 is 14.5 Å². The fourth-order valence-corrected chi connectivity index (χ4v) is 0.482. The van der Waals surface area contributed by atoms with Crippen LogP contribution in [0.15, 0.2) is 0 Å².